The van der Waals surface area contributed by atoms with Crippen LogP contribution in [0.5, 0.6) is 5.75 Å². The molecule has 1 aromatic heterocycles. The van der Waals surface area contributed by atoms with Crippen molar-refractivity contribution in [3.05, 3.63) is 30.3 Å². The standard InChI is InChI=1S/C12H11N3O/c16-11-8-9-4-1-2-5-10(9)14-12(11)15-7-3-6-13-15/h1-2,4-6,8,16H,3,7H2. The van der Waals surface area contributed by atoms with Gasteiger partial charge in [0, 0.05) is 24.6 Å². The largest absolute Gasteiger partial charge is 0.504 e. The number of hydrazone groups is 1. The number of anilines is 1. The molecule has 0 saturated heterocycles. The Bertz CT molecular complexity index is 565. The molecule has 4 nitrogen and oxygen atoms in total. The van der Waals surface area contributed by atoms with Gasteiger partial charge in [0.1, 0.15) is 0 Å². The Labute approximate surface area is 92.8 Å². The third-order valence-corrected chi connectivity index (χ3v) is 2.62. The van der Waals surface area contributed by atoms with Crippen LogP contribution < -0.4 is 5.01 Å². The number of aromatic hydroxyl groups is 1. The number of hydrogen-bond acceptors (Lipinski definition) is 4. The first-order chi connectivity index (χ1) is 7.84. The van der Waals surface area contributed by atoms with Gasteiger partial charge in [-0.2, -0.15) is 5.10 Å². The van der Waals surface area contributed by atoms with E-state index >= 15 is 0 Å². The maximum atomic E-state index is 9.89. The van der Waals surface area contributed by atoms with Crippen LogP contribution in [-0.2, 0) is 0 Å². The zero-order valence-electron chi connectivity index (χ0n) is 8.67. The first-order valence-electron chi connectivity index (χ1n) is 5.23. The Balaban J connectivity index is 2.17. The Morgan fingerprint density at radius 3 is 2.94 bits per heavy atom. The Kier molecular flexibility index (Phi) is 1.99. The summed E-state index contributed by atoms with van der Waals surface area (Å²) in [5.41, 5.74) is 0.873. The van der Waals surface area contributed by atoms with Crippen molar-refractivity contribution < 1.29 is 5.11 Å². The molecule has 0 saturated carbocycles. The maximum Gasteiger partial charge on any atom is 0.192 e. The normalized spacial score (nSPS) is 14.9. The molecule has 0 amide bonds. The monoisotopic (exact) mass is 213 g/mol. The molecule has 1 aliphatic rings. The summed E-state index contributed by atoms with van der Waals surface area (Å²) in [7, 11) is 0. The number of benzene rings is 1. The van der Waals surface area contributed by atoms with E-state index in [4.69, 9.17) is 0 Å². The van der Waals surface area contributed by atoms with E-state index in [0.29, 0.717) is 5.82 Å². The van der Waals surface area contributed by atoms with Crippen molar-refractivity contribution in [2.45, 2.75) is 6.42 Å². The van der Waals surface area contributed by atoms with Gasteiger partial charge >= 0.3 is 0 Å². The number of fused-ring (bicyclic) bond motifs is 1. The molecule has 0 bridgehead atoms. The van der Waals surface area contributed by atoms with Crippen LogP contribution in [0.15, 0.2) is 35.4 Å². The van der Waals surface area contributed by atoms with Crippen molar-refractivity contribution in [2.75, 3.05) is 11.6 Å². The number of rotatable bonds is 1. The van der Waals surface area contributed by atoms with Crippen molar-refractivity contribution in [3.63, 3.8) is 0 Å². The average Bonchev–Trinajstić information content (AvgIpc) is 2.81. The van der Waals surface area contributed by atoms with E-state index < -0.39 is 0 Å². The Hall–Kier alpha value is -2.10. The van der Waals surface area contributed by atoms with Gasteiger partial charge in [-0.1, -0.05) is 18.2 Å². The highest BCUT2D eigenvalue weighted by Gasteiger charge is 2.15. The highest BCUT2D eigenvalue weighted by molar-refractivity contribution is 5.83. The average molecular weight is 213 g/mol. The molecule has 0 fully saturated rings. The van der Waals surface area contributed by atoms with Crippen LogP contribution >= 0.6 is 0 Å². The molecule has 80 valence electrons. The number of pyridine rings is 1. The van der Waals surface area contributed by atoms with Crippen molar-refractivity contribution in [3.8, 4) is 5.75 Å². The van der Waals surface area contributed by atoms with E-state index in [1.54, 1.807) is 11.1 Å². The molecule has 0 atom stereocenters. The highest BCUT2D eigenvalue weighted by Crippen LogP contribution is 2.29. The van der Waals surface area contributed by atoms with Gasteiger partial charge in [-0.25, -0.2) is 9.99 Å². The molecule has 0 unspecified atom stereocenters. The smallest absolute Gasteiger partial charge is 0.192 e. The van der Waals surface area contributed by atoms with Gasteiger partial charge in [-0.15, -0.1) is 0 Å². The Morgan fingerprint density at radius 1 is 1.25 bits per heavy atom. The van der Waals surface area contributed by atoms with Crippen molar-refractivity contribution in [1.82, 2.24) is 4.98 Å². The lowest BCUT2D eigenvalue weighted by molar-refractivity contribution is 0.473. The van der Waals surface area contributed by atoms with Crippen LogP contribution in [0.2, 0.25) is 0 Å². The topological polar surface area (TPSA) is 48.7 Å². The predicted molar refractivity (Wildman–Crippen MR) is 63.9 cm³/mol. The number of hydrogen-bond donors (Lipinski definition) is 1. The summed E-state index contributed by atoms with van der Waals surface area (Å²) in [6.07, 6.45) is 2.73. The molecular weight excluding hydrogens is 202 g/mol. The minimum absolute atomic E-state index is 0.178. The van der Waals surface area contributed by atoms with Gasteiger partial charge in [0.25, 0.3) is 0 Å². The number of nitrogens with zero attached hydrogens (tertiary/aromatic N) is 3. The van der Waals surface area contributed by atoms with E-state index in [2.05, 4.69) is 10.1 Å². The molecule has 0 radical (unpaired) electrons. The summed E-state index contributed by atoms with van der Waals surface area (Å²) < 4.78 is 0. The van der Waals surface area contributed by atoms with Crippen molar-refractivity contribution in [1.29, 1.82) is 0 Å². The van der Waals surface area contributed by atoms with Gasteiger partial charge < -0.3 is 5.11 Å². The molecule has 2 heterocycles. The molecule has 2 aromatic rings. The molecule has 1 aromatic carbocycles. The summed E-state index contributed by atoms with van der Waals surface area (Å²) in [6.45, 7) is 0.777. The van der Waals surface area contributed by atoms with E-state index in [1.807, 2.05) is 30.5 Å². The lowest BCUT2D eigenvalue weighted by atomic mass is 10.2. The van der Waals surface area contributed by atoms with Crippen LogP contribution in [0.25, 0.3) is 10.9 Å². The molecule has 0 aliphatic carbocycles. The van der Waals surface area contributed by atoms with E-state index in [1.165, 1.54) is 0 Å². The Morgan fingerprint density at radius 2 is 2.12 bits per heavy atom. The molecule has 4 heteroatoms. The molecule has 1 N–H and O–H groups in total. The fourth-order valence-corrected chi connectivity index (χ4v) is 1.84. The highest BCUT2D eigenvalue weighted by atomic mass is 16.3. The van der Waals surface area contributed by atoms with E-state index in [9.17, 15) is 5.11 Å². The first kappa shape index (κ1) is 9.15. The zero-order valence-corrected chi connectivity index (χ0v) is 8.67. The van der Waals surface area contributed by atoms with Crippen molar-refractivity contribution in [2.24, 2.45) is 5.10 Å². The lowest BCUT2D eigenvalue weighted by Crippen LogP contribution is -2.13. The van der Waals surface area contributed by atoms with Crippen LogP contribution in [-0.4, -0.2) is 22.8 Å². The van der Waals surface area contributed by atoms with Crippen LogP contribution in [0, 0.1) is 0 Å². The van der Waals surface area contributed by atoms with E-state index in [-0.39, 0.29) is 5.75 Å². The third kappa shape index (κ3) is 1.39. The minimum atomic E-state index is 0.178. The quantitative estimate of drug-likeness (QED) is 0.789. The molecule has 1 aliphatic heterocycles. The summed E-state index contributed by atoms with van der Waals surface area (Å²) >= 11 is 0. The van der Waals surface area contributed by atoms with Gasteiger partial charge in [0.05, 0.1) is 5.52 Å². The van der Waals surface area contributed by atoms with Gasteiger partial charge in [-0.3, -0.25) is 0 Å². The fourth-order valence-electron chi connectivity index (χ4n) is 1.84. The second kappa shape index (κ2) is 3.48. The van der Waals surface area contributed by atoms with Gasteiger partial charge in [0.15, 0.2) is 11.6 Å². The number of para-hydroxylation sites is 1. The van der Waals surface area contributed by atoms with Crippen LogP contribution in [0.4, 0.5) is 5.82 Å². The summed E-state index contributed by atoms with van der Waals surface area (Å²) in [4.78, 5) is 4.42. The molecule has 0 spiro atoms. The van der Waals surface area contributed by atoms with Gasteiger partial charge in [0.2, 0.25) is 0 Å². The van der Waals surface area contributed by atoms with Crippen LogP contribution in [0.1, 0.15) is 6.42 Å². The minimum Gasteiger partial charge on any atom is -0.504 e. The van der Waals surface area contributed by atoms with E-state index in [0.717, 1.165) is 23.9 Å². The summed E-state index contributed by atoms with van der Waals surface area (Å²) in [5.74, 6) is 0.713. The lowest BCUT2D eigenvalue weighted by Gasteiger charge is -2.14. The SMILES string of the molecule is Oc1cc2ccccc2nc1N1CCC=N1. The molecule has 16 heavy (non-hydrogen) atoms. The second-order valence-corrected chi connectivity index (χ2v) is 3.73. The summed E-state index contributed by atoms with van der Waals surface area (Å²) in [5, 5.41) is 16.7. The maximum absolute atomic E-state index is 9.89. The third-order valence-electron chi connectivity index (χ3n) is 2.62. The predicted octanol–water partition coefficient (Wildman–Crippen LogP) is 2.14. The molecule has 3 rings (SSSR count). The number of aromatic nitrogens is 1. The zero-order chi connectivity index (χ0) is 11.0. The fraction of sp³-hybridized carbons (Fsp3) is 0.167. The summed E-state index contributed by atoms with van der Waals surface area (Å²) in [6, 6.07) is 9.45. The van der Waals surface area contributed by atoms with Crippen molar-refractivity contribution >= 4 is 22.9 Å². The molecular formula is C12H11N3O. The second-order valence-electron chi connectivity index (χ2n) is 3.73. The first-order valence-corrected chi connectivity index (χ1v) is 5.23. The van der Waals surface area contributed by atoms with Gasteiger partial charge in [-0.05, 0) is 12.1 Å². The van der Waals surface area contributed by atoms with Crippen LogP contribution in [0.3, 0.4) is 0 Å².